The van der Waals surface area contributed by atoms with Crippen LogP contribution in [0.25, 0.3) is 22.7 Å². The minimum Gasteiger partial charge on any atom is -0.380 e. The van der Waals surface area contributed by atoms with E-state index in [2.05, 4.69) is 30.2 Å². The number of ether oxygens (including phenoxy) is 1. The minimum absolute atomic E-state index is 0.231. The van der Waals surface area contributed by atoms with Crippen LogP contribution in [0.15, 0.2) is 47.6 Å². The summed E-state index contributed by atoms with van der Waals surface area (Å²) >= 11 is 0. The molecule has 160 valence electrons. The van der Waals surface area contributed by atoms with Gasteiger partial charge in [-0.3, -0.25) is 9.67 Å². The summed E-state index contributed by atoms with van der Waals surface area (Å²) in [7, 11) is 0. The molecule has 0 fully saturated rings. The molecule has 4 rings (SSSR count). The summed E-state index contributed by atoms with van der Waals surface area (Å²) in [4.78, 5) is 17.2. The molecule has 0 atom stereocenters. The molecule has 31 heavy (non-hydrogen) atoms. The number of hydrogen-bond donors (Lipinski definition) is 1. The van der Waals surface area contributed by atoms with Crippen molar-refractivity contribution in [1.29, 1.82) is 0 Å². The molecular weight excluding hydrogens is 396 g/mol. The number of nitrogens with two attached hydrogens (primary N) is 1. The molecule has 10 nitrogen and oxygen atoms in total. The summed E-state index contributed by atoms with van der Waals surface area (Å²) in [6.07, 6.45) is 8.67. The van der Waals surface area contributed by atoms with E-state index < -0.39 is 5.41 Å². The van der Waals surface area contributed by atoms with Gasteiger partial charge in [0.05, 0.1) is 36.0 Å². The smallest absolute Gasteiger partial charge is 0.261 e. The first kappa shape index (κ1) is 20.6. The third-order valence-corrected chi connectivity index (χ3v) is 4.99. The van der Waals surface area contributed by atoms with Gasteiger partial charge in [-0.2, -0.15) is 10.1 Å². The predicted octanol–water partition coefficient (Wildman–Crippen LogP) is 2.73. The van der Waals surface area contributed by atoms with Gasteiger partial charge in [0.2, 0.25) is 5.95 Å². The van der Waals surface area contributed by atoms with Crippen LogP contribution in [0, 0.1) is 0 Å². The summed E-state index contributed by atoms with van der Waals surface area (Å²) in [5.41, 5.74) is 8.31. The second-order valence-corrected chi connectivity index (χ2v) is 7.50. The molecule has 4 aromatic heterocycles. The van der Waals surface area contributed by atoms with Crippen LogP contribution in [0.2, 0.25) is 0 Å². The molecule has 0 amide bonds. The number of nitrogens with zero attached hydrogens (tertiary/aromatic N) is 7. The van der Waals surface area contributed by atoms with Crippen molar-refractivity contribution in [2.75, 3.05) is 18.9 Å². The average molecular weight is 420 g/mol. The number of rotatable bonds is 8. The first-order valence-electron chi connectivity index (χ1n) is 9.96. The lowest BCUT2D eigenvalue weighted by molar-refractivity contribution is 0.136. The largest absolute Gasteiger partial charge is 0.380 e. The highest BCUT2D eigenvalue weighted by Crippen LogP contribution is 2.31. The molecular formula is C21H24N8O2. The fourth-order valence-electron chi connectivity index (χ4n) is 3.03. The Hall–Kier alpha value is -3.66. The highest BCUT2D eigenvalue weighted by atomic mass is 16.5. The van der Waals surface area contributed by atoms with Crippen LogP contribution in [0.4, 0.5) is 5.95 Å². The van der Waals surface area contributed by atoms with Gasteiger partial charge in [-0.1, -0.05) is 11.2 Å². The molecule has 0 saturated heterocycles. The maximum atomic E-state index is 5.55. The van der Waals surface area contributed by atoms with Gasteiger partial charge < -0.3 is 15.0 Å². The Morgan fingerprint density at radius 3 is 2.58 bits per heavy atom. The second kappa shape index (κ2) is 8.60. The summed E-state index contributed by atoms with van der Waals surface area (Å²) in [5, 5.41) is 8.52. The molecule has 4 aromatic rings. The molecule has 0 aromatic carbocycles. The van der Waals surface area contributed by atoms with Crippen molar-refractivity contribution in [2.24, 2.45) is 0 Å². The predicted molar refractivity (Wildman–Crippen MR) is 114 cm³/mol. The zero-order valence-corrected chi connectivity index (χ0v) is 17.7. The van der Waals surface area contributed by atoms with Crippen molar-refractivity contribution in [3.63, 3.8) is 0 Å². The lowest BCUT2D eigenvalue weighted by atomic mass is 9.85. The third kappa shape index (κ3) is 4.43. The normalized spacial score (nSPS) is 11.7. The summed E-state index contributed by atoms with van der Waals surface area (Å²) in [5.74, 6) is 1.22. The average Bonchev–Trinajstić information content (AvgIpc) is 3.45. The summed E-state index contributed by atoms with van der Waals surface area (Å²) in [6.45, 7) is 7.96. The van der Waals surface area contributed by atoms with Crippen molar-refractivity contribution in [3.05, 3.63) is 54.5 Å². The quantitative estimate of drug-likeness (QED) is 0.427. The molecule has 2 N–H and O–H groups in total. The van der Waals surface area contributed by atoms with Crippen molar-refractivity contribution < 1.29 is 9.26 Å². The highest BCUT2D eigenvalue weighted by Gasteiger charge is 2.30. The van der Waals surface area contributed by atoms with E-state index in [4.69, 9.17) is 15.0 Å². The van der Waals surface area contributed by atoms with E-state index in [1.54, 1.807) is 29.5 Å². The van der Waals surface area contributed by atoms with Gasteiger partial charge >= 0.3 is 0 Å². The maximum absolute atomic E-state index is 5.55. The number of nitrogen functional groups attached to an aromatic ring is 1. The van der Waals surface area contributed by atoms with Crippen LogP contribution >= 0.6 is 0 Å². The number of hydrogen-bond acceptors (Lipinski definition) is 9. The van der Waals surface area contributed by atoms with E-state index >= 15 is 0 Å². The molecule has 0 bridgehead atoms. The van der Waals surface area contributed by atoms with Crippen molar-refractivity contribution in [2.45, 2.75) is 32.7 Å². The fourth-order valence-corrected chi connectivity index (χ4v) is 3.03. The van der Waals surface area contributed by atoms with Gasteiger partial charge in [0.15, 0.2) is 5.82 Å². The summed E-state index contributed by atoms with van der Waals surface area (Å²) < 4.78 is 12.7. The van der Waals surface area contributed by atoms with Gasteiger partial charge in [-0.25, -0.2) is 9.97 Å². The molecule has 0 unspecified atom stereocenters. The first-order chi connectivity index (χ1) is 15.0. The number of anilines is 1. The zero-order valence-electron chi connectivity index (χ0n) is 17.7. The lowest BCUT2D eigenvalue weighted by Gasteiger charge is -2.20. The molecule has 0 aliphatic rings. The molecule has 0 aliphatic carbocycles. The van der Waals surface area contributed by atoms with Crippen LogP contribution in [0.3, 0.4) is 0 Å². The monoisotopic (exact) mass is 420 g/mol. The van der Waals surface area contributed by atoms with Crippen LogP contribution < -0.4 is 5.73 Å². The molecule has 0 spiro atoms. The Bertz CT molecular complexity index is 1130. The number of aromatic nitrogens is 7. The van der Waals surface area contributed by atoms with Crippen molar-refractivity contribution >= 4 is 5.95 Å². The zero-order chi connectivity index (χ0) is 21.8. The Balaban J connectivity index is 1.51. The molecule has 0 aliphatic heterocycles. The first-order valence-corrected chi connectivity index (χ1v) is 9.96. The van der Waals surface area contributed by atoms with Crippen molar-refractivity contribution in [1.82, 2.24) is 34.9 Å². The van der Waals surface area contributed by atoms with Crippen LogP contribution in [0.5, 0.6) is 0 Å². The van der Waals surface area contributed by atoms with Gasteiger partial charge in [-0.05, 0) is 32.4 Å². The lowest BCUT2D eigenvalue weighted by Crippen LogP contribution is -2.21. The minimum atomic E-state index is -0.504. The Morgan fingerprint density at radius 2 is 1.87 bits per heavy atom. The van der Waals surface area contributed by atoms with Crippen LogP contribution in [0.1, 0.15) is 32.2 Å². The van der Waals surface area contributed by atoms with Gasteiger partial charge in [0.25, 0.3) is 5.89 Å². The standard InChI is InChI=1S/C21H24N8O2/c1-4-30-8-7-29-13-15(11-26-29)18-27-19(28-31-18)21(2,3)16-5-6-17(23-12-16)14-9-24-20(22)25-10-14/h5-6,9-13H,4,7-8H2,1-3H3,(H2,22,24,25). The SMILES string of the molecule is CCOCCn1cc(-c2nc(C(C)(C)c3ccc(-c4cnc(N)nc4)nc3)no2)cn1. The van der Waals surface area contributed by atoms with Gasteiger partial charge in [0.1, 0.15) is 0 Å². The van der Waals surface area contributed by atoms with E-state index in [-0.39, 0.29) is 5.95 Å². The fraction of sp³-hybridized carbons (Fsp3) is 0.333. The molecule has 0 saturated carbocycles. The number of pyridine rings is 1. The van der Waals surface area contributed by atoms with Gasteiger partial charge in [0, 0.05) is 37.0 Å². The summed E-state index contributed by atoms with van der Waals surface area (Å²) in [6, 6.07) is 3.90. The Kier molecular flexibility index (Phi) is 5.72. The van der Waals surface area contributed by atoms with Gasteiger partial charge in [-0.15, -0.1) is 0 Å². The Morgan fingerprint density at radius 1 is 1.06 bits per heavy atom. The second-order valence-electron chi connectivity index (χ2n) is 7.50. The van der Waals surface area contributed by atoms with Crippen LogP contribution in [-0.4, -0.2) is 48.1 Å². The van der Waals surface area contributed by atoms with Crippen LogP contribution in [-0.2, 0) is 16.7 Å². The topological polar surface area (TPSA) is 131 Å². The highest BCUT2D eigenvalue weighted by molar-refractivity contribution is 5.57. The van der Waals surface area contributed by atoms with Crippen molar-refractivity contribution in [3.8, 4) is 22.7 Å². The van der Waals surface area contributed by atoms with E-state index in [0.29, 0.717) is 31.5 Å². The molecule has 10 heteroatoms. The van der Waals surface area contributed by atoms with E-state index in [0.717, 1.165) is 22.4 Å². The molecule has 0 radical (unpaired) electrons. The van der Waals surface area contributed by atoms with E-state index in [9.17, 15) is 0 Å². The third-order valence-electron chi connectivity index (χ3n) is 4.99. The van der Waals surface area contributed by atoms with E-state index in [1.165, 1.54) is 0 Å². The van der Waals surface area contributed by atoms with E-state index in [1.807, 2.05) is 39.1 Å². The molecule has 4 heterocycles. The maximum Gasteiger partial charge on any atom is 0.261 e. The Labute approximate surface area is 179 Å².